The van der Waals surface area contributed by atoms with Gasteiger partial charge in [-0.05, 0) is 56.0 Å². The van der Waals surface area contributed by atoms with Crippen LogP contribution in [0.25, 0.3) is 0 Å². The lowest BCUT2D eigenvalue weighted by molar-refractivity contribution is 0.298. The van der Waals surface area contributed by atoms with Gasteiger partial charge in [0.25, 0.3) is 0 Å². The molecule has 0 aliphatic heterocycles. The summed E-state index contributed by atoms with van der Waals surface area (Å²) < 4.78 is 9.67. The number of hydrogen-bond acceptors (Lipinski definition) is 3. The largest absolute Gasteiger partial charge is 0.491 e. The zero-order valence-corrected chi connectivity index (χ0v) is 13.5. The maximum Gasteiger partial charge on any atom is 0.147 e. The maximum absolute atomic E-state index is 5.80. The molecule has 1 heterocycles. The van der Waals surface area contributed by atoms with Crippen molar-refractivity contribution >= 4 is 31.9 Å². The zero-order chi connectivity index (χ0) is 13.7. The van der Waals surface area contributed by atoms with Crippen molar-refractivity contribution in [2.75, 3.05) is 6.61 Å². The van der Waals surface area contributed by atoms with Crippen LogP contribution in [-0.2, 0) is 13.1 Å². The average molecular weight is 389 g/mol. The molecule has 2 rings (SSSR count). The van der Waals surface area contributed by atoms with Crippen LogP contribution in [0.4, 0.5) is 0 Å². The molecule has 6 heteroatoms. The van der Waals surface area contributed by atoms with E-state index in [0.717, 1.165) is 33.2 Å². The number of halogens is 2. The van der Waals surface area contributed by atoms with E-state index in [-0.39, 0.29) is 0 Å². The first-order valence-electron chi connectivity index (χ1n) is 5.97. The SMILES string of the molecule is NCc1cc(Br)c(OCCCn2ccnc2)c(Br)c1. The molecule has 0 bridgehead atoms. The van der Waals surface area contributed by atoms with Gasteiger partial charge in [0.2, 0.25) is 0 Å². The molecule has 0 atom stereocenters. The van der Waals surface area contributed by atoms with Gasteiger partial charge in [-0.15, -0.1) is 0 Å². The van der Waals surface area contributed by atoms with Gasteiger partial charge in [-0.2, -0.15) is 0 Å². The summed E-state index contributed by atoms with van der Waals surface area (Å²) in [6.45, 7) is 2.06. The number of ether oxygens (including phenoxy) is 1. The predicted octanol–water partition coefficient (Wildman–Crippen LogP) is 3.34. The van der Waals surface area contributed by atoms with E-state index in [1.807, 2.05) is 29.2 Å². The maximum atomic E-state index is 5.80. The molecule has 0 fully saturated rings. The lowest BCUT2D eigenvalue weighted by atomic mass is 10.2. The number of imidazole rings is 1. The van der Waals surface area contributed by atoms with Crippen LogP contribution in [0.2, 0.25) is 0 Å². The molecule has 2 aromatic rings. The minimum absolute atomic E-state index is 0.512. The highest BCUT2D eigenvalue weighted by molar-refractivity contribution is 9.11. The first kappa shape index (κ1) is 14.6. The first-order valence-corrected chi connectivity index (χ1v) is 7.56. The summed E-state index contributed by atoms with van der Waals surface area (Å²) in [5.74, 6) is 0.822. The Morgan fingerprint density at radius 2 is 2.00 bits per heavy atom. The Kier molecular flexibility index (Phi) is 5.42. The van der Waals surface area contributed by atoms with Gasteiger partial charge >= 0.3 is 0 Å². The molecule has 0 aliphatic rings. The van der Waals surface area contributed by atoms with Gasteiger partial charge in [0.05, 0.1) is 21.9 Å². The number of aryl methyl sites for hydroxylation is 1. The molecule has 0 saturated heterocycles. The molecule has 0 amide bonds. The lowest BCUT2D eigenvalue weighted by Gasteiger charge is -2.12. The highest BCUT2D eigenvalue weighted by Gasteiger charge is 2.08. The molecule has 2 N–H and O–H groups in total. The van der Waals surface area contributed by atoms with E-state index in [2.05, 4.69) is 36.8 Å². The molecular formula is C13H15Br2N3O. The number of aromatic nitrogens is 2. The third-order valence-electron chi connectivity index (χ3n) is 2.66. The normalized spacial score (nSPS) is 10.7. The van der Waals surface area contributed by atoms with Crippen LogP contribution in [0.3, 0.4) is 0 Å². The molecular weight excluding hydrogens is 374 g/mol. The molecule has 0 radical (unpaired) electrons. The highest BCUT2D eigenvalue weighted by atomic mass is 79.9. The smallest absolute Gasteiger partial charge is 0.147 e. The van der Waals surface area contributed by atoms with Gasteiger partial charge in [-0.3, -0.25) is 0 Å². The van der Waals surface area contributed by atoms with E-state index in [0.29, 0.717) is 13.2 Å². The Hall–Kier alpha value is -0.850. The third kappa shape index (κ3) is 4.06. The summed E-state index contributed by atoms with van der Waals surface area (Å²) in [6.07, 6.45) is 6.46. The van der Waals surface area contributed by atoms with Crippen molar-refractivity contribution in [2.45, 2.75) is 19.5 Å². The number of nitrogens with two attached hydrogens (primary N) is 1. The molecule has 0 saturated carbocycles. The number of benzene rings is 1. The topological polar surface area (TPSA) is 53.1 Å². The highest BCUT2D eigenvalue weighted by Crippen LogP contribution is 2.34. The Balaban J connectivity index is 1.89. The van der Waals surface area contributed by atoms with Crippen LogP contribution >= 0.6 is 31.9 Å². The summed E-state index contributed by atoms with van der Waals surface area (Å²) in [7, 11) is 0. The summed E-state index contributed by atoms with van der Waals surface area (Å²) in [5.41, 5.74) is 6.68. The van der Waals surface area contributed by atoms with Gasteiger partial charge in [-0.1, -0.05) is 0 Å². The van der Waals surface area contributed by atoms with E-state index in [1.165, 1.54) is 0 Å². The van der Waals surface area contributed by atoms with E-state index in [1.54, 1.807) is 6.20 Å². The average Bonchev–Trinajstić information content (AvgIpc) is 2.89. The monoisotopic (exact) mass is 387 g/mol. The van der Waals surface area contributed by atoms with Crippen LogP contribution in [-0.4, -0.2) is 16.2 Å². The van der Waals surface area contributed by atoms with Gasteiger partial charge in [0.15, 0.2) is 0 Å². The molecule has 0 aliphatic carbocycles. The lowest BCUT2D eigenvalue weighted by Crippen LogP contribution is -2.04. The molecule has 1 aromatic heterocycles. The van der Waals surface area contributed by atoms with Crippen LogP contribution in [0, 0.1) is 0 Å². The van der Waals surface area contributed by atoms with Crippen molar-refractivity contribution in [3.63, 3.8) is 0 Å². The molecule has 1 aromatic carbocycles. The first-order chi connectivity index (χ1) is 9.20. The zero-order valence-electron chi connectivity index (χ0n) is 10.4. The van der Waals surface area contributed by atoms with Crippen molar-refractivity contribution in [3.8, 4) is 5.75 Å². The van der Waals surface area contributed by atoms with E-state index < -0.39 is 0 Å². The van der Waals surface area contributed by atoms with Crippen LogP contribution in [0.15, 0.2) is 39.8 Å². The summed E-state index contributed by atoms with van der Waals surface area (Å²) in [6, 6.07) is 3.96. The van der Waals surface area contributed by atoms with Crippen LogP contribution in [0.1, 0.15) is 12.0 Å². The fourth-order valence-electron chi connectivity index (χ4n) is 1.71. The van der Waals surface area contributed by atoms with Gasteiger partial charge < -0.3 is 15.0 Å². The molecule has 4 nitrogen and oxygen atoms in total. The second-order valence-corrected chi connectivity index (χ2v) is 5.80. The number of hydrogen-bond donors (Lipinski definition) is 1. The number of nitrogens with zero attached hydrogens (tertiary/aromatic N) is 2. The summed E-state index contributed by atoms with van der Waals surface area (Å²) >= 11 is 7.01. The molecule has 0 spiro atoms. The quantitative estimate of drug-likeness (QED) is 0.772. The van der Waals surface area contributed by atoms with E-state index in [9.17, 15) is 0 Å². The standard InChI is InChI=1S/C13H15Br2N3O/c14-11-6-10(8-16)7-12(15)13(11)19-5-1-3-18-4-2-17-9-18/h2,4,6-7,9H,1,3,5,8,16H2. The van der Waals surface area contributed by atoms with Gasteiger partial charge in [0, 0.05) is 25.5 Å². The fraction of sp³-hybridized carbons (Fsp3) is 0.308. The Labute approximate surface area is 129 Å². The minimum Gasteiger partial charge on any atom is -0.491 e. The van der Waals surface area contributed by atoms with Gasteiger partial charge in [-0.25, -0.2) is 4.98 Å². The van der Waals surface area contributed by atoms with Crippen LogP contribution < -0.4 is 10.5 Å². The van der Waals surface area contributed by atoms with E-state index >= 15 is 0 Å². The van der Waals surface area contributed by atoms with Crippen LogP contribution in [0.5, 0.6) is 5.75 Å². The predicted molar refractivity (Wildman–Crippen MR) is 82.1 cm³/mol. The van der Waals surface area contributed by atoms with Crippen molar-refractivity contribution in [3.05, 3.63) is 45.4 Å². The van der Waals surface area contributed by atoms with Crippen molar-refractivity contribution in [1.82, 2.24) is 9.55 Å². The third-order valence-corrected chi connectivity index (χ3v) is 3.84. The summed E-state index contributed by atoms with van der Waals surface area (Å²) in [5, 5.41) is 0. The van der Waals surface area contributed by atoms with E-state index in [4.69, 9.17) is 10.5 Å². The second kappa shape index (κ2) is 7.07. The van der Waals surface area contributed by atoms with Crippen molar-refractivity contribution in [1.29, 1.82) is 0 Å². The Morgan fingerprint density at radius 1 is 1.26 bits per heavy atom. The summed E-state index contributed by atoms with van der Waals surface area (Å²) in [4.78, 5) is 4.00. The van der Waals surface area contributed by atoms with Crippen molar-refractivity contribution < 1.29 is 4.74 Å². The Bertz CT molecular complexity index is 506. The van der Waals surface area contributed by atoms with Crippen molar-refractivity contribution in [2.24, 2.45) is 5.73 Å². The molecule has 19 heavy (non-hydrogen) atoms. The molecule has 0 unspecified atom stereocenters. The minimum atomic E-state index is 0.512. The second-order valence-electron chi connectivity index (χ2n) is 4.10. The Morgan fingerprint density at radius 3 is 2.58 bits per heavy atom. The van der Waals surface area contributed by atoms with Gasteiger partial charge in [0.1, 0.15) is 5.75 Å². The number of rotatable bonds is 6. The fourth-order valence-corrected chi connectivity index (χ4v) is 3.22. The molecule has 102 valence electrons.